The highest BCUT2D eigenvalue weighted by Gasteiger charge is 2.48. The van der Waals surface area contributed by atoms with Crippen molar-refractivity contribution in [3.63, 3.8) is 0 Å². The van der Waals surface area contributed by atoms with E-state index in [0.717, 1.165) is 0 Å². The van der Waals surface area contributed by atoms with E-state index >= 15 is 0 Å². The molecule has 0 spiro atoms. The van der Waals surface area contributed by atoms with Gasteiger partial charge in [0.05, 0.1) is 11.1 Å². The van der Waals surface area contributed by atoms with Gasteiger partial charge in [-0.2, -0.15) is 5.06 Å². The van der Waals surface area contributed by atoms with E-state index < -0.39 is 0 Å². The normalized spacial score (nSPS) is 21.9. The monoisotopic (exact) mass is 227 g/mol. The van der Waals surface area contributed by atoms with Crippen molar-refractivity contribution < 1.29 is 5.21 Å². The van der Waals surface area contributed by atoms with Gasteiger partial charge in [0, 0.05) is 0 Å². The molecule has 0 saturated heterocycles. The zero-order chi connectivity index (χ0) is 10.6. The second-order valence-electron chi connectivity index (χ2n) is 4.98. The van der Waals surface area contributed by atoms with Crippen molar-refractivity contribution in [2.45, 2.75) is 38.8 Å². The third-order valence-electron chi connectivity index (χ3n) is 3.30. The highest BCUT2D eigenvalue weighted by molar-refractivity contribution is 5.85. The van der Waals surface area contributed by atoms with E-state index in [-0.39, 0.29) is 23.5 Å². The summed E-state index contributed by atoms with van der Waals surface area (Å²) >= 11 is 0. The van der Waals surface area contributed by atoms with E-state index in [1.165, 1.54) is 16.2 Å². The minimum absolute atomic E-state index is 0. The van der Waals surface area contributed by atoms with Gasteiger partial charge in [-0.3, -0.25) is 0 Å². The Kier molecular flexibility index (Phi) is 2.90. The number of benzene rings is 1. The number of fused-ring (bicyclic) bond motifs is 1. The summed E-state index contributed by atoms with van der Waals surface area (Å²) in [6, 6.07) is 8.23. The molecule has 84 valence electrons. The number of halogens is 1. The Bertz CT molecular complexity index is 339. The summed E-state index contributed by atoms with van der Waals surface area (Å²) in [4.78, 5) is 0. The number of rotatable bonds is 0. The molecule has 1 aliphatic heterocycles. The Labute approximate surface area is 97.3 Å². The zero-order valence-corrected chi connectivity index (χ0v) is 10.4. The zero-order valence-electron chi connectivity index (χ0n) is 9.61. The van der Waals surface area contributed by atoms with Crippen molar-refractivity contribution in [2.24, 2.45) is 0 Å². The molecular weight excluding hydrogens is 210 g/mol. The van der Waals surface area contributed by atoms with Crippen LogP contribution in [-0.2, 0) is 11.1 Å². The van der Waals surface area contributed by atoms with Gasteiger partial charge in [-0.25, -0.2) is 0 Å². The van der Waals surface area contributed by atoms with Gasteiger partial charge in [0.15, 0.2) is 0 Å². The van der Waals surface area contributed by atoms with Crippen molar-refractivity contribution in [1.82, 2.24) is 5.06 Å². The third-order valence-corrected chi connectivity index (χ3v) is 3.30. The van der Waals surface area contributed by atoms with Gasteiger partial charge in [-0.1, -0.05) is 24.3 Å². The molecule has 0 aliphatic carbocycles. The number of nitrogens with zero attached hydrogens (tertiary/aromatic N) is 1. The van der Waals surface area contributed by atoms with E-state index in [1.54, 1.807) is 0 Å². The van der Waals surface area contributed by atoms with Crippen molar-refractivity contribution >= 4 is 12.4 Å². The maximum Gasteiger partial charge on any atom is 0.0665 e. The van der Waals surface area contributed by atoms with E-state index in [9.17, 15) is 5.21 Å². The summed E-state index contributed by atoms with van der Waals surface area (Å²) < 4.78 is 0. The molecule has 1 aliphatic rings. The predicted octanol–water partition coefficient (Wildman–Crippen LogP) is 3.28. The molecule has 0 fully saturated rings. The fourth-order valence-corrected chi connectivity index (χ4v) is 2.48. The second kappa shape index (κ2) is 3.48. The van der Waals surface area contributed by atoms with Gasteiger partial charge in [0.1, 0.15) is 0 Å². The van der Waals surface area contributed by atoms with E-state index in [1.807, 2.05) is 39.8 Å². The molecule has 1 N–H and O–H groups in total. The van der Waals surface area contributed by atoms with Gasteiger partial charge in [-0.05, 0) is 38.8 Å². The molecule has 0 aromatic heterocycles. The van der Waals surface area contributed by atoms with Gasteiger partial charge >= 0.3 is 0 Å². The lowest BCUT2D eigenvalue weighted by Crippen LogP contribution is -2.42. The van der Waals surface area contributed by atoms with Crippen LogP contribution in [0.1, 0.15) is 38.8 Å². The third kappa shape index (κ3) is 1.48. The average Bonchev–Trinajstić information content (AvgIpc) is 2.28. The molecule has 3 heteroatoms. The Morgan fingerprint density at radius 2 is 1.27 bits per heavy atom. The first kappa shape index (κ1) is 12.5. The molecule has 2 nitrogen and oxygen atoms in total. The standard InChI is InChI=1S/C12H17NO.ClH/c1-11(2)9-7-5-6-8-10(9)12(3,4)13(11)14;/h5-8,14H,1-4H3;1H. The maximum absolute atomic E-state index is 10.1. The predicted molar refractivity (Wildman–Crippen MR) is 63.4 cm³/mol. The molecule has 0 radical (unpaired) electrons. The molecule has 1 heterocycles. The Hall–Kier alpha value is -0.570. The summed E-state index contributed by atoms with van der Waals surface area (Å²) in [6.07, 6.45) is 0. The largest absolute Gasteiger partial charge is 0.312 e. The smallest absolute Gasteiger partial charge is 0.0665 e. The lowest BCUT2D eigenvalue weighted by Gasteiger charge is -2.34. The Morgan fingerprint density at radius 3 is 1.60 bits per heavy atom. The van der Waals surface area contributed by atoms with Crippen LogP contribution in [0.15, 0.2) is 24.3 Å². The first-order chi connectivity index (χ1) is 6.38. The molecule has 15 heavy (non-hydrogen) atoms. The fraction of sp³-hybridized carbons (Fsp3) is 0.500. The Morgan fingerprint density at radius 1 is 0.933 bits per heavy atom. The van der Waals surface area contributed by atoms with Crippen LogP contribution in [0.5, 0.6) is 0 Å². The summed E-state index contributed by atoms with van der Waals surface area (Å²) in [5.74, 6) is 0. The average molecular weight is 228 g/mol. The number of hydroxylamine groups is 2. The van der Waals surface area contributed by atoms with Crippen molar-refractivity contribution in [2.75, 3.05) is 0 Å². The van der Waals surface area contributed by atoms with Crippen LogP contribution in [-0.4, -0.2) is 10.3 Å². The van der Waals surface area contributed by atoms with Crippen LogP contribution in [0.4, 0.5) is 0 Å². The topological polar surface area (TPSA) is 23.5 Å². The highest BCUT2D eigenvalue weighted by atomic mass is 35.5. The van der Waals surface area contributed by atoms with Crippen LogP contribution in [0.3, 0.4) is 0 Å². The number of hydrogen-bond acceptors (Lipinski definition) is 2. The lowest BCUT2D eigenvalue weighted by atomic mass is 9.91. The fourth-order valence-electron chi connectivity index (χ4n) is 2.48. The highest BCUT2D eigenvalue weighted by Crippen LogP contribution is 2.47. The molecule has 1 aromatic carbocycles. The van der Waals surface area contributed by atoms with E-state index in [2.05, 4.69) is 12.1 Å². The SMILES string of the molecule is CC1(C)c2ccccc2C(C)(C)N1O.Cl. The molecule has 0 atom stereocenters. The maximum atomic E-state index is 10.1. The summed E-state index contributed by atoms with van der Waals surface area (Å²) in [5.41, 5.74) is 1.85. The van der Waals surface area contributed by atoms with Crippen LogP contribution in [0, 0.1) is 0 Å². The Balaban J connectivity index is 0.00000112. The van der Waals surface area contributed by atoms with E-state index in [0.29, 0.717) is 0 Å². The molecule has 1 aromatic rings. The molecule has 0 unspecified atom stereocenters. The van der Waals surface area contributed by atoms with E-state index in [4.69, 9.17) is 0 Å². The van der Waals surface area contributed by atoms with Gasteiger partial charge < -0.3 is 5.21 Å². The van der Waals surface area contributed by atoms with Gasteiger partial charge in [0.25, 0.3) is 0 Å². The molecule has 0 bridgehead atoms. The van der Waals surface area contributed by atoms with Crippen LogP contribution in [0.2, 0.25) is 0 Å². The van der Waals surface area contributed by atoms with Crippen molar-refractivity contribution in [3.8, 4) is 0 Å². The lowest BCUT2D eigenvalue weighted by molar-refractivity contribution is -0.216. The van der Waals surface area contributed by atoms with Gasteiger partial charge in [0.2, 0.25) is 0 Å². The molecular formula is C12H18ClNO. The minimum atomic E-state index is -0.292. The quantitative estimate of drug-likeness (QED) is 0.735. The molecule has 0 amide bonds. The van der Waals surface area contributed by atoms with Crippen LogP contribution in [0.25, 0.3) is 0 Å². The first-order valence-electron chi connectivity index (χ1n) is 4.97. The minimum Gasteiger partial charge on any atom is -0.312 e. The first-order valence-corrected chi connectivity index (χ1v) is 4.97. The van der Waals surface area contributed by atoms with Crippen LogP contribution < -0.4 is 0 Å². The second-order valence-corrected chi connectivity index (χ2v) is 4.98. The van der Waals surface area contributed by atoms with Gasteiger partial charge in [-0.15, -0.1) is 12.4 Å². The summed E-state index contributed by atoms with van der Waals surface area (Å²) in [6.45, 7) is 8.17. The van der Waals surface area contributed by atoms with Crippen molar-refractivity contribution in [3.05, 3.63) is 35.4 Å². The van der Waals surface area contributed by atoms with Crippen molar-refractivity contribution in [1.29, 1.82) is 0 Å². The molecule has 2 rings (SSSR count). The summed E-state index contributed by atoms with van der Waals surface area (Å²) in [7, 11) is 0. The molecule has 0 saturated carbocycles. The van der Waals surface area contributed by atoms with Crippen LogP contribution >= 0.6 is 12.4 Å². The number of hydrogen-bond donors (Lipinski definition) is 1. The summed E-state index contributed by atoms with van der Waals surface area (Å²) in [5, 5.41) is 11.6.